The highest BCUT2D eigenvalue weighted by Crippen LogP contribution is 2.27. The van der Waals surface area contributed by atoms with Crippen molar-refractivity contribution in [2.24, 2.45) is 0 Å². The fourth-order valence-electron chi connectivity index (χ4n) is 3.90. The second kappa shape index (κ2) is 8.48. The van der Waals surface area contributed by atoms with Gasteiger partial charge in [-0.3, -0.25) is 10.1 Å². The number of hydrogen-bond acceptors (Lipinski definition) is 4. The minimum atomic E-state index is -0.266. The maximum absolute atomic E-state index is 12.7. The summed E-state index contributed by atoms with van der Waals surface area (Å²) >= 11 is 5.35. The molecule has 0 aliphatic carbocycles. The average molecular weight is 452 g/mol. The fourth-order valence-corrected chi connectivity index (χ4v) is 4.11. The van der Waals surface area contributed by atoms with Crippen molar-refractivity contribution in [3.05, 3.63) is 95.6 Å². The van der Waals surface area contributed by atoms with Crippen molar-refractivity contribution in [1.29, 1.82) is 0 Å². The fraction of sp³-hybridized carbons (Fsp3) is 0.0741. The molecule has 0 aliphatic heterocycles. The Morgan fingerprint density at radius 2 is 1.64 bits per heavy atom. The van der Waals surface area contributed by atoms with Crippen LogP contribution in [0.15, 0.2) is 83.3 Å². The quantitative estimate of drug-likeness (QED) is 0.311. The van der Waals surface area contributed by atoms with Crippen LogP contribution < -0.4 is 10.6 Å². The first-order valence-corrected chi connectivity index (χ1v) is 11.0. The standard InChI is InChI=1S/C27H21N3O2S/c1-16-11-17(2)13-21(12-16)26-29-23-15-22(9-10-24(23)32-26)28-27(33)30-25(31)20-8-7-18-5-3-4-6-19(18)14-20/h3-15H,1-2H3,(H2,28,30,31,33). The molecule has 1 heterocycles. The van der Waals surface area contributed by atoms with Crippen LogP contribution in [0.25, 0.3) is 33.3 Å². The molecule has 33 heavy (non-hydrogen) atoms. The Labute approximate surface area is 196 Å². The van der Waals surface area contributed by atoms with E-state index in [9.17, 15) is 4.79 Å². The summed E-state index contributed by atoms with van der Waals surface area (Å²) in [5, 5.41) is 8.09. The van der Waals surface area contributed by atoms with Crippen molar-refractivity contribution in [3.63, 3.8) is 0 Å². The number of aryl methyl sites for hydroxylation is 2. The van der Waals surface area contributed by atoms with Gasteiger partial charge in [0.05, 0.1) is 0 Å². The first-order chi connectivity index (χ1) is 15.9. The molecule has 6 heteroatoms. The molecule has 5 aromatic rings. The number of anilines is 1. The lowest BCUT2D eigenvalue weighted by Gasteiger charge is -2.10. The van der Waals surface area contributed by atoms with Crippen molar-refractivity contribution >= 4 is 50.8 Å². The predicted octanol–water partition coefficient (Wildman–Crippen LogP) is 6.39. The van der Waals surface area contributed by atoms with Gasteiger partial charge in [-0.2, -0.15) is 0 Å². The van der Waals surface area contributed by atoms with Gasteiger partial charge in [0.1, 0.15) is 5.52 Å². The maximum atomic E-state index is 12.7. The van der Waals surface area contributed by atoms with E-state index in [1.54, 1.807) is 6.07 Å². The molecule has 0 fully saturated rings. The molecule has 5 rings (SSSR count). The zero-order valence-electron chi connectivity index (χ0n) is 18.2. The number of carbonyl (C=O) groups is 1. The molecule has 0 atom stereocenters. The van der Waals surface area contributed by atoms with Gasteiger partial charge < -0.3 is 9.73 Å². The maximum Gasteiger partial charge on any atom is 0.257 e. The summed E-state index contributed by atoms with van der Waals surface area (Å²) in [5.74, 6) is 0.305. The van der Waals surface area contributed by atoms with Gasteiger partial charge >= 0.3 is 0 Å². The van der Waals surface area contributed by atoms with Crippen LogP contribution in [0.2, 0.25) is 0 Å². The van der Waals surface area contributed by atoms with Crippen LogP contribution in [0.1, 0.15) is 21.5 Å². The Kier molecular flexibility index (Phi) is 5.36. The second-order valence-corrected chi connectivity index (χ2v) is 8.46. The molecule has 1 amide bonds. The lowest BCUT2D eigenvalue weighted by atomic mass is 10.1. The van der Waals surface area contributed by atoms with Crippen molar-refractivity contribution < 1.29 is 9.21 Å². The van der Waals surface area contributed by atoms with Gasteiger partial charge in [0.2, 0.25) is 5.89 Å². The van der Waals surface area contributed by atoms with Gasteiger partial charge in [0.25, 0.3) is 5.91 Å². The zero-order valence-corrected chi connectivity index (χ0v) is 19.0. The summed E-state index contributed by atoms with van der Waals surface area (Å²) in [7, 11) is 0. The molecular weight excluding hydrogens is 430 g/mol. The number of carbonyl (C=O) groups excluding carboxylic acids is 1. The number of oxazole rings is 1. The number of thiocarbonyl (C=S) groups is 1. The van der Waals surface area contributed by atoms with Gasteiger partial charge in [-0.05, 0) is 79.3 Å². The topological polar surface area (TPSA) is 67.2 Å². The molecule has 0 aliphatic rings. The molecule has 0 saturated heterocycles. The van der Waals surface area contributed by atoms with E-state index in [0.717, 1.165) is 27.5 Å². The second-order valence-electron chi connectivity index (χ2n) is 8.05. The van der Waals surface area contributed by atoms with Crippen molar-refractivity contribution in [3.8, 4) is 11.5 Å². The van der Waals surface area contributed by atoms with Crippen molar-refractivity contribution in [2.75, 3.05) is 5.32 Å². The van der Waals surface area contributed by atoms with Crippen LogP contribution in [0.3, 0.4) is 0 Å². The van der Waals surface area contributed by atoms with E-state index >= 15 is 0 Å². The summed E-state index contributed by atoms with van der Waals surface area (Å²) in [6.45, 7) is 4.10. The Balaban J connectivity index is 1.31. The van der Waals surface area contributed by atoms with Gasteiger partial charge in [-0.25, -0.2) is 4.98 Å². The Hall–Kier alpha value is -4.03. The molecule has 162 valence electrons. The Morgan fingerprint density at radius 1 is 0.879 bits per heavy atom. The molecule has 0 radical (unpaired) electrons. The molecule has 0 bridgehead atoms. The molecule has 0 unspecified atom stereocenters. The van der Waals surface area contributed by atoms with Crippen LogP contribution in [-0.2, 0) is 0 Å². The van der Waals surface area contributed by atoms with Gasteiger partial charge in [0.15, 0.2) is 10.7 Å². The highest BCUT2D eigenvalue weighted by Gasteiger charge is 2.12. The van der Waals surface area contributed by atoms with Crippen LogP contribution >= 0.6 is 12.2 Å². The van der Waals surface area contributed by atoms with Crippen LogP contribution in [0.5, 0.6) is 0 Å². The summed E-state index contributed by atoms with van der Waals surface area (Å²) in [6.07, 6.45) is 0. The van der Waals surface area contributed by atoms with Crippen molar-refractivity contribution in [2.45, 2.75) is 13.8 Å². The van der Waals surface area contributed by atoms with Gasteiger partial charge in [-0.15, -0.1) is 0 Å². The largest absolute Gasteiger partial charge is 0.436 e. The Morgan fingerprint density at radius 3 is 2.42 bits per heavy atom. The highest BCUT2D eigenvalue weighted by molar-refractivity contribution is 7.80. The highest BCUT2D eigenvalue weighted by atomic mass is 32.1. The predicted molar refractivity (Wildman–Crippen MR) is 137 cm³/mol. The third-order valence-corrected chi connectivity index (χ3v) is 5.56. The molecule has 2 N–H and O–H groups in total. The third kappa shape index (κ3) is 4.47. The minimum Gasteiger partial charge on any atom is -0.436 e. The molecule has 4 aromatic carbocycles. The summed E-state index contributed by atoms with van der Waals surface area (Å²) in [6, 6.07) is 25.2. The number of benzene rings is 4. The van der Waals surface area contributed by atoms with E-state index in [4.69, 9.17) is 16.6 Å². The molecule has 1 aromatic heterocycles. The number of hydrogen-bond donors (Lipinski definition) is 2. The molecular formula is C27H21N3O2S. The van der Waals surface area contributed by atoms with Gasteiger partial charge in [0, 0.05) is 16.8 Å². The first kappa shape index (κ1) is 20.8. The zero-order chi connectivity index (χ0) is 22.9. The van der Waals surface area contributed by atoms with E-state index in [-0.39, 0.29) is 11.0 Å². The van der Waals surface area contributed by atoms with Crippen LogP contribution in [0, 0.1) is 13.8 Å². The first-order valence-electron chi connectivity index (χ1n) is 10.5. The average Bonchev–Trinajstić information content (AvgIpc) is 3.21. The minimum absolute atomic E-state index is 0.213. The SMILES string of the molecule is Cc1cc(C)cc(-c2nc3cc(NC(=S)NC(=O)c4ccc5ccccc5c4)ccc3o2)c1. The van der Waals surface area contributed by atoms with Crippen LogP contribution in [0.4, 0.5) is 5.69 Å². The lowest BCUT2D eigenvalue weighted by Crippen LogP contribution is -2.34. The Bertz CT molecular complexity index is 1520. The van der Waals surface area contributed by atoms with Crippen molar-refractivity contribution in [1.82, 2.24) is 10.3 Å². The number of nitrogens with zero attached hydrogens (tertiary/aromatic N) is 1. The lowest BCUT2D eigenvalue weighted by molar-refractivity contribution is 0.0978. The monoisotopic (exact) mass is 451 g/mol. The van der Waals surface area contributed by atoms with E-state index in [2.05, 4.69) is 21.7 Å². The summed E-state index contributed by atoms with van der Waals surface area (Å²) in [5.41, 5.74) is 5.90. The molecule has 0 saturated carbocycles. The summed E-state index contributed by atoms with van der Waals surface area (Å²) < 4.78 is 5.94. The molecule has 0 spiro atoms. The van der Waals surface area contributed by atoms with Crippen LogP contribution in [-0.4, -0.2) is 16.0 Å². The van der Waals surface area contributed by atoms with E-state index in [0.29, 0.717) is 28.2 Å². The number of nitrogens with one attached hydrogen (secondary N) is 2. The van der Waals surface area contributed by atoms with E-state index in [1.807, 2.05) is 80.6 Å². The number of fused-ring (bicyclic) bond motifs is 2. The third-order valence-electron chi connectivity index (χ3n) is 5.35. The number of aromatic nitrogens is 1. The smallest absolute Gasteiger partial charge is 0.257 e. The van der Waals surface area contributed by atoms with E-state index < -0.39 is 0 Å². The summed E-state index contributed by atoms with van der Waals surface area (Å²) in [4.78, 5) is 17.3. The molecule has 5 nitrogen and oxygen atoms in total. The number of amides is 1. The van der Waals surface area contributed by atoms with Gasteiger partial charge in [-0.1, -0.05) is 47.5 Å². The van der Waals surface area contributed by atoms with E-state index in [1.165, 1.54) is 0 Å². The number of rotatable bonds is 3. The normalized spacial score (nSPS) is 11.0.